The Morgan fingerprint density at radius 2 is 1.42 bits per heavy atom. The van der Waals surface area contributed by atoms with Gasteiger partial charge in [-0.2, -0.15) is 13.1 Å². The third-order valence-corrected chi connectivity index (χ3v) is 7.60. The smallest absolute Gasteiger partial charge is 0.236 e. The number of halogens is 6. The summed E-state index contributed by atoms with van der Waals surface area (Å²) >= 11 is 0. The van der Waals surface area contributed by atoms with Gasteiger partial charge >= 0.3 is 21.6 Å². The zero-order valence-electron chi connectivity index (χ0n) is 13.2. The molecule has 2 rings (SSSR count). The van der Waals surface area contributed by atoms with Crippen LogP contribution in [0.4, 0.5) is 26.5 Å². The SMILES string of the molecule is O=S(=O)(N1CCC2CCCCC2C1)C(F)(F)C(F)(F)[N+](F)(F)S(=O)(=O)O. The molecule has 0 aromatic carbocycles. The minimum atomic E-state index is -7.06. The average Bonchev–Trinajstić information content (AvgIpc) is 2.52. The highest BCUT2D eigenvalue weighted by molar-refractivity contribution is 7.90. The lowest BCUT2D eigenvalue weighted by atomic mass is 9.76. The molecule has 2 aliphatic rings. The fraction of sp³-hybridized carbons (Fsp3) is 1.00. The summed E-state index contributed by atoms with van der Waals surface area (Å²) in [5, 5.41) is -6.47. The fourth-order valence-electron chi connectivity index (χ4n) is 3.40. The topological polar surface area (TPSA) is 91.8 Å². The maximum absolute atomic E-state index is 14.0. The van der Waals surface area contributed by atoms with Gasteiger partial charge < -0.3 is 0 Å². The number of nitrogens with zero attached hydrogens (tertiary/aromatic N) is 2. The Kier molecular flexibility index (Phi) is 5.38. The molecule has 154 valence electrons. The van der Waals surface area contributed by atoms with Crippen LogP contribution in [0.5, 0.6) is 0 Å². The van der Waals surface area contributed by atoms with E-state index in [1.807, 2.05) is 0 Å². The highest BCUT2D eigenvalue weighted by Crippen LogP contribution is 2.50. The van der Waals surface area contributed by atoms with Crippen molar-refractivity contribution in [2.75, 3.05) is 13.1 Å². The van der Waals surface area contributed by atoms with Gasteiger partial charge in [0.25, 0.3) is 14.4 Å². The molecule has 7 nitrogen and oxygen atoms in total. The zero-order chi connectivity index (χ0) is 20.2. The first-order chi connectivity index (χ1) is 11.6. The summed E-state index contributed by atoms with van der Waals surface area (Å²) in [7, 11) is -13.4. The van der Waals surface area contributed by atoms with Gasteiger partial charge in [0.1, 0.15) is 0 Å². The minimum Gasteiger partial charge on any atom is -0.236 e. The third kappa shape index (κ3) is 3.10. The van der Waals surface area contributed by atoms with Crippen molar-refractivity contribution in [3.63, 3.8) is 0 Å². The van der Waals surface area contributed by atoms with E-state index in [0.29, 0.717) is 12.8 Å². The van der Waals surface area contributed by atoms with Crippen LogP contribution in [-0.4, -0.2) is 54.4 Å². The van der Waals surface area contributed by atoms with Crippen LogP contribution in [0.3, 0.4) is 0 Å². The van der Waals surface area contributed by atoms with E-state index < -0.39 is 49.1 Å². The molecule has 0 amide bonds. The molecule has 2 unspecified atom stereocenters. The summed E-state index contributed by atoms with van der Waals surface area (Å²) < 4.78 is 128. The molecule has 0 radical (unpaired) electrons. The Morgan fingerprint density at radius 3 is 1.92 bits per heavy atom. The lowest BCUT2D eigenvalue weighted by Gasteiger charge is -2.41. The number of quaternary nitrogens is 1. The van der Waals surface area contributed by atoms with Gasteiger partial charge in [-0.15, -0.1) is 17.2 Å². The molecular weight excluding hydrogens is 418 g/mol. The van der Waals surface area contributed by atoms with Crippen molar-refractivity contribution < 1.29 is 52.2 Å². The molecule has 1 aliphatic heterocycles. The molecule has 1 saturated heterocycles. The first-order valence-electron chi connectivity index (χ1n) is 7.58. The molecule has 0 spiro atoms. The Labute approximate surface area is 145 Å². The van der Waals surface area contributed by atoms with E-state index in [2.05, 4.69) is 0 Å². The summed E-state index contributed by atoms with van der Waals surface area (Å²) in [6.07, 6.45) is 2.87. The Bertz CT molecular complexity index is 757. The summed E-state index contributed by atoms with van der Waals surface area (Å²) in [6, 6.07) is -6.94. The summed E-state index contributed by atoms with van der Waals surface area (Å²) in [4.78, 5) is 0. The van der Waals surface area contributed by atoms with Crippen LogP contribution in [0.15, 0.2) is 0 Å². The minimum absolute atomic E-state index is 0.00259. The number of alkyl halides is 4. The molecule has 1 heterocycles. The molecular formula is C11H17F6N2O5S2+. The van der Waals surface area contributed by atoms with Gasteiger partial charge in [0, 0.05) is 13.1 Å². The van der Waals surface area contributed by atoms with Crippen LogP contribution in [0.1, 0.15) is 32.1 Å². The van der Waals surface area contributed by atoms with E-state index in [1.54, 1.807) is 0 Å². The van der Waals surface area contributed by atoms with Gasteiger partial charge in [-0.25, -0.2) is 13.0 Å². The van der Waals surface area contributed by atoms with Crippen LogP contribution in [0.2, 0.25) is 0 Å². The van der Waals surface area contributed by atoms with Crippen molar-refractivity contribution in [2.24, 2.45) is 11.8 Å². The monoisotopic (exact) mass is 435 g/mol. The average molecular weight is 435 g/mol. The molecule has 26 heavy (non-hydrogen) atoms. The number of sulfonamides is 1. The van der Waals surface area contributed by atoms with Gasteiger partial charge in [0.15, 0.2) is 0 Å². The second-order valence-electron chi connectivity index (χ2n) is 6.42. The molecule has 1 N–H and O–H groups in total. The van der Waals surface area contributed by atoms with E-state index in [1.165, 1.54) is 0 Å². The van der Waals surface area contributed by atoms with Crippen LogP contribution in [0, 0.1) is 11.8 Å². The second kappa shape index (κ2) is 6.46. The summed E-state index contributed by atoms with van der Waals surface area (Å²) in [6.45, 7) is -1.11. The van der Waals surface area contributed by atoms with Crippen molar-refractivity contribution >= 4 is 20.3 Å². The van der Waals surface area contributed by atoms with Gasteiger partial charge in [-0.3, -0.25) is 0 Å². The quantitative estimate of drug-likeness (QED) is 0.310. The van der Waals surface area contributed by atoms with E-state index >= 15 is 0 Å². The predicted octanol–water partition coefficient (Wildman–Crippen LogP) is 2.40. The number of fused-ring (bicyclic) bond motifs is 1. The van der Waals surface area contributed by atoms with Gasteiger partial charge in [0.2, 0.25) is 0 Å². The highest BCUT2D eigenvalue weighted by Gasteiger charge is 2.87. The lowest BCUT2D eigenvalue weighted by Crippen LogP contribution is -2.66. The molecule has 15 heteroatoms. The number of hydrogen-bond donors (Lipinski definition) is 1. The number of hydrogen-bond acceptors (Lipinski definition) is 4. The Hall–Kier alpha value is -0.640. The Morgan fingerprint density at radius 1 is 0.923 bits per heavy atom. The van der Waals surface area contributed by atoms with E-state index in [4.69, 9.17) is 4.55 Å². The van der Waals surface area contributed by atoms with Gasteiger partial charge in [0.05, 0.1) is 8.96 Å². The van der Waals surface area contributed by atoms with Crippen molar-refractivity contribution in [1.82, 2.24) is 4.31 Å². The highest BCUT2D eigenvalue weighted by atomic mass is 32.2. The summed E-state index contributed by atoms with van der Waals surface area (Å²) in [5.41, 5.74) is 0. The fourth-order valence-corrected chi connectivity index (χ4v) is 5.34. The molecule has 2 fully saturated rings. The molecule has 2 atom stereocenters. The lowest BCUT2D eigenvalue weighted by molar-refractivity contribution is -1.14. The number of rotatable bonds is 5. The van der Waals surface area contributed by atoms with E-state index in [9.17, 15) is 43.4 Å². The van der Waals surface area contributed by atoms with Crippen LogP contribution < -0.4 is 0 Å². The van der Waals surface area contributed by atoms with Crippen molar-refractivity contribution in [3.8, 4) is 0 Å². The largest absolute Gasteiger partial charge is 0.564 e. The van der Waals surface area contributed by atoms with Crippen LogP contribution >= 0.6 is 0 Å². The van der Waals surface area contributed by atoms with E-state index in [0.717, 1.165) is 12.8 Å². The molecule has 0 aromatic heterocycles. The molecule has 1 saturated carbocycles. The van der Waals surface area contributed by atoms with E-state index in [-0.39, 0.29) is 22.6 Å². The molecule has 0 bridgehead atoms. The van der Waals surface area contributed by atoms with Crippen LogP contribution in [-0.2, 0) is 20.3 Å². The van der Waals surface area contributed by atoms with Crippen molar-refractivity contribution in [1.29, 1.82) is 0 Å². The number of piperidine rings is 1. The first-order valence-corrected chi connectivity index (χ1v) is 10.4. The standard InChI is InChI=1S/C11H16F6N2O5S2/c12-10(13,19(16,17)26(22,23)24)11(14,15)25(20,21)18-6-5-8-3-1-2-4-9(8)7-18/h8-9H,1-7H2/p+1. The van der Waals surface area contributed by atoms with Gasteiger partial charge in [-0.1, -0.05) is 19.3 Å². The normalized spacial score (nSPS) is 27.2. The maximum atomic E-state index is 14.0. The van der Waals surface area contributed by atoms with Crippen LogP contribution in [0.25, 0.3) is 0 Å². The predicted molar refractivity (Wildman–Crippen MR) is 74.5 cm³/mol. The molecule has 0 aromatic rings. The second-order valence-corrected chi connectivity index (χ2v) is 9.76. The Balaban J connectivity index is 2.37. The third-order valence-electron chi connectivity index (χ3n) is 4.88. The molecule has 1 aliphatic carbocycles. The van der Waals surface area contributed by atoms with Crippen molar-refractivity contribution in [3.05, 3.63) is 0 Å². The first kappa shape index (κ1) is 21.7. The zero-order valence-corrected chi connectivity index (χ0v) is 14.8. The van der Waals surface area contributed by atoms with Gasteiger partial charge in [-0.05, 0) is 24.7 Å². The summed E-state index contributed by atoms with van der Waals surface area (Å²) in [5.74, 6) is -0.340. The maximum Gasteiger partial charge on any atom is 0.564 e. The van der Waals surface area contributed by atoms with Crippen molar-refractivity contribution in [2.45, 2.75) is 43.4 Å².